The molecule has 1 atom stereocenters. The van der Waals surface area contributed by atoms with Crippen molar-refractivity contribution in [2.24, 2.45) is 0 Å². The quantitative estimate of drug-likeness (QED) is 0.488. The van der Waals surface area contributed by atoms with Gasteiger partial charge in [-0.3, -0.25) is 0 Å². The highest BCUT2D eigenvalue weighted by Crippen LogP contribution is 2.42. The van der Waals surface area contributed by atoms with Crippen molar-refractivity contribution in [3.8, 4) is 0 Å². The maximum atomic E-state index is 6.48. The molecule has 0 saturated carbocycles. The van der Waals surface area contributed by atoms with E-state index in [1.807, 2.05) is 31.2 Å². The van der Waals surface area contributed by atoms with E-state index >= 15 is 0 Å². The van der Waals surface area contributed by atoms with Crippen LogP contribution in [-0.4, -0.2) is 0 Å². The maximum Gasteiger partial charge on any atom is 0.0943 e. The summed E-state index contributed by atoms with van der Waals surface area (Å²) in [4.78, 5) is 1.07. The molecule has 1 aromatic carbocycles. The van der Waals surface area contributed by atoms with Gasteiger partial charge in [-0.15, -0.1) is 22.9 Å². The van der Waals surface area contributed by atoms with Gasteiger partial charge in [0.2, 0.25) is 0 Å². The van der Waals surface area contributed by atoms with Crippen LogP contribution in [0.4, 0.5) is 0 Å². The third kappa shape index (κ3) is 2.90. The molecule has 0 nitrogen and oxygen atoms in total. The summed E-state index contributed by atoms with van der Waals surface area (Å²) < 4.78 is 2.06. The minimum absolute atomic E-state index is 0.213. The molecule has 90 valence electrons. The minimum Gasteiger partial charge on any atom is -0.130 e. The van der Waals surface area contributed by atoms with E-state index < -0.39 is 0 Å². The number of hydrogen-bond donors (Lipinski definition) is 0. The van der Waals surface area contributed by atoms with E-state index in [9.17, 15) is 0 Å². The highest BCUT2D eigenvalue weighted by molar-refractivity contribution is 9.13. The summed E-state index contributed by atoms with van der Waals surface area (Å²) >= 11 is 21.3. The molecule has 0 fully saturated rings. The molecular formula is C12H8Br2Cl2S. The first kappa shape index (κ1) is 13.9. The Hall–Kier alpha value is 0.460. The van der Waals surface area contributed by atoms with Gasteiger partial charge in [0.25, 0.3) is 0 Å². The fourth-order valence-corrected chi connectivity index (χ4v) is 4.26. The SMILES string of the molecule is Cc1cccc(C(Cl)c2cc(Br)c(Br)s2)c1Cl. The number of alkyl halides is 1. The van der Waals surface area contributed by atoms with E-state index in [-0.39, 0.29) is 5.38 Å². The predicted octanol–water partition coefficient (Wildman–Crippen LogP) is 6.56. The van der Waals surface area contributed by atoms with Gasteiger partial charge in [0, 0.05) is 14.4 Å². The fourth-order valence-electron chi connectivity index (χ4n) is 1.51. The third-order valence-electron chi connectivity index (χ3n) is 2.41. The Labute approximate surface area is 131 Å². The van der Waals surface area contributed by atoms with Crippen LogP contribution in [0.2, 0.25) is 5.02 Å². The van der Waals surface area contributed by atoms with Crippen molar-refractivity contribution in [2.45, 2.75) is 12.3 Å². The molecule has 5 heteroatoms. The fraction of sp³-hybridized carbons (Fsp3) is 0.167. The number of halogens is 4. The first-order valence-electron chi connectivity index (χ1n) is 4.84. The monoisotopic (exact) mass is 412 g/mol. The molecule has 17 heavy (non-hydrogen) atoms. The van der Waals surface area contributed by atoms with Crippen molar-refractivity contribution in [2.75, 3.05) is 0 Å². The molecule has 2 aromatic rings. The molecule has 0 aliphatic rings. The molecule has 0 N–H and O–H groups in total. The van der Waals surface area contributed by atoms with Gasteiger partial charge in [0.1, 0.15) is 0 Å². The van der Waals surface area contributed by atoms with Crippen molar-refractivity contribution in [1.29, 1.82) is 0 Å². The van der Waals surface area contributed by atoms with Gasteiger partial charge in [0.05, 0.1) is 9.16 Å². The van der Waals surface area contributed by atoms with Gasteiger partial charge in [-0.25, -0.2) is 0 Å². The summed E-state index contributed by atoms with van der Waals surface area (Å²) in [5, 5.41) is 0.531. The van der Waals surface area contributed by atoms with E-state index in [0.717, 1.165) is 29.3 Å². The molecular weight excluding hydrogens is 407 g/mol. The number of thiophene rings is 1. The summed E-state index contributed by atoms with van der Waals surface area (Å²) in [5.74, 6) is 0. The van der Waals surface area contributed by atoms with Gasteiger partial charge < -0.3 is 0 Å². The molecule has 0 spiro atoms. The van der Waals surface area contributed by atoms with Crippen LogP contribution in [0.1, 0.15) is 21.4 Å². The first-order valence-corrected chi connectivity index (χ1v) is 8.06. The van der Waals surface area contributed by atoms with E-state index in [4.69, 9.17) is 23.2 Å². The predicted molar refractivity (Wildman–Crippen MR) is 83.6 cm³/mol. The van der Waals surface area contributed by atoms with Gasteiger partial charge in [0.15, 0.2) is 0 Å². The van der Waals surface area contributed by atoms with Crippen LogP contribution in [0.5, 0.6) is 0 Å². The molecule has 0 amide bonds. The zero-order valence-corrected chi connectivity index (χ0v) is 14.3. The zero-order chi connectivity index (χ0) is 12.6. The second kappa shape index (κ2) is 5.62. The van der Waals surface area contributed by atoms with Gasteiger partial charge in [-0.2, -0.15) is 0 Å². The second-order valence-electron chi connectivity index (χ2n) is 3.61. The largest absolute Gasteiger partial charge is 0.130 e. The lowest BCUT2D eigenvalue weighted by Gasteiger charge is -2.11. The van der Waals surface area contributed by atoms with Crippen molar-refractivity contribution < 1.29 is 0 Å². The number of hydrogen-bond acceptors (Lipinski definition) is 1. The van der Waals surface area contributed by atoms with Crippen LogP contribution in [0.15, 0.2) is 32.5 Å². The van der Waals surface area contributed by atoms with Gasteiger partial charge in [-0.1, -0.05) is 29.8 Å². The summed E-state index contributed by atoms with van der Waals surface area (Å²) in [7, 11) is 0. The molecule has 1 unspecified atom stereocenters. The zero-order valence-electron chi connectivity index (χ0n) is 8.81. The second-order valence-corrected chi connectivity index (χ2v) is 7.68. The third-order valence-corrected chi connectivity index (χ3v) is 6.85. The van der Waals surface area contributed by atoms with Crippen LogP contribution in [0.3, 0.4) is 0 Å². The smallest absolute Gasteiger partial charge is 0.0943 e. The van der Waals surface area contributed by atoms with Crippen LogP contribution >= 0.6 is 66.4 Å². The van der Waals surface area contributed by atoms with Crippen LogP contribution in [-0.2, 0) is 0 Å². The molecule has 0 bridgehead atoms. The Bertz CT molecular complexity index is 532. The summed E-state index contributed by atoms with van der Waals surface area (Å²) in [6, 6.07) is 7.94. The van der Waals surface area contributed by atoms with E-state index in [1.54, 1.807) is 11.3 Å². The Kier molecular flexibility index (Phi) is 4.59. The van der Waals surface area contributed by atoms with Crippen molar-refractivity contribution >= 4 is 66.4 Å². The topological polar surface area (TPSA) is 0 Å². The van der Waals surface area contributed by atoms with E-state index in [0.29, 0.717) is 0 Å². The van der Waals surface area contributed by atoms with Crippen molar-refractivity contribution in [1.82, 2.24) is 0 Å². The summed E-state index contributed by atoms with van der Waals surface area (Å²) in [5.41, 5.74) is 2.00. The summed E-state index contributed by atoms with van der Waals surface area (Å²) in [6.45, 7) is 1.98. The maximum absolute atomic E-state index is 6.48. The molecule has 0 aliphatic heterocycles. The highest BCUT2D eigenvalue weighted by atomic mass is 79.9. The Morgan fingerprint density at radius 3 is 2.59 bits per heavy atom. The number of benzene rings is 1. The lowest BCUT2D eigenvalue weighted by molar-refractivity contribution is 1.17. The average Bonchev–Trinajstić information content (AvgIpc) is 2.62. The molecule has 0 saturated heterocycles. The Morgan fingerprint density at radius 2 is 2.00 bits per heavy atom. The molecule has 0 radical (unpaired) electrons. The highest BCUT2D eigenvalue weighted by Gasteiger charge is 2.18. The Morgan fingerprint density at radius 1 is 1.29 bits per heavy atom. The lowest BCUT2D eigenvalue weighted by Crippen LogP contribution is -1.92. The number of aryl methyl sites for hydroxylation is 1. The Balaban J connectivity index is 2.43. The van der Waals surface area contributed by atoms with Crippen molar-refractivity contribution in [3.05, 3.63) is 53.6 Å². The summed E-state index contributed by atoms with van der Waals surface area (Å²) in [6.07, 6.45) is 0. The van der Waals surface area contributed by atoms with Gasteiger partial charge >= 0.3 is 0 Å². The van der Waals surface area contributed by atoms with E-state index in [2.05, 4.69) is 31.9 Å². The number of rotatable bonds is 2. The first-order chi connectivity index (χ1) is 8.00. The molecule has 2 rings (SSSR count). The van der Waals surface area contributed by atoms with E-state index in [1.165, 1.54) is 0 Å². The van der Waals surface area contributed by atoms with Crippen LogP contribution in [0.25, 0.3) is 0 Å². The van der Waals surface area contributed by atoms with Crippen molar-refractivity contribution in [3.63, 3.8) is 0 Å². The molecule has 1 aromatic heterocycles. The van der Waals surface area contributed by atoms with Crippen LogP contribution in [0, 0.1) is 6.92 Å². The standard InChI is InChI=1S/C12H8Br2Cl2S/c1-6-3-2-4-7(10(6)15)11(16)9-5-8(13)12(14)17-9/h2-5,11H,1H3. The molecule has 0 aliphatic carbocycles. The van der Waals surface area contributed by atoms with Gasteiger partial charge in [-0.05, 0) is 56.0 Å². The molecule has 1 heterocycles. The lowest BCUT2D eigenvalue weighted by atomic mass is 10.1. The van der Waals surface area contributed by atoms with Crippen LogP contribution < -0.4 is 0 Å². The minimum atomic E-state index is -0.213. The average molecular weight is 415 g/mol. The normalized spacial score (nSPS) is 12.8.